The van der Waals surface area contributed by atoms with Crippen molar-refractivity contribution in [2.45, 2.75) is 54.4 Å². The van der Waals surface area contributed by atoms with E-state index < -0.39 is 0 Å². The molecule has 0 N–H and O–H groups in total. The highest BCUT2D eigenvalue weighted by molar-refractivity contribution is 4.92. The quantitative estimate of drug-likeness (QED) is 0.574. The van der Waals surface area contributed by atoms with E-state index in [0.29, 0.717) is 5.41 Å². The van der Waals surface area contributed by atoms with Gasteiger partial charge in [0.15, 0.2) is 0 Å². The average molecular weight is 155 g/mol. The third-order valence-electron chi connectivity index (χ3n) is 2.93. The Morgan fingerprint density at radius 2 is 1.73 bits per heavy atom. The third kappa shape index (κ3) is 3.27. The minimum atomic E-state index is 0.494. The first kappa shape index (κ1) is 11.0. The second-order valence-corrected chi connectivity index (χ2v) is 4.54. The first-order valence-electron chi connectivity index (χ1n) is 4.72. The summed E-state index contributed by atoms with van der Waals surface area (Å²) in [5.74, 6) is 2.31. The van der Waals surface area contributed by atoms with Crippen molar-refractivity contribution in [3.8, 4) is 0 Å². The molecule has 11 heavy (non-hydrogen) atoms. The summed E-state index contributed by atoms with van der Waals surface area (Å²) in [5.41, 5.74) is 0.494. The van der Waals surface area contributed by atoms with Crippen molar-refractivity contribution < 1.29 is 0 Å². The van der Waals surface area contributed by atoms with Crippen LogP contribution in [0.5, 0.6) is 0 Å². The van der Waals surface area contributed by atoms with Crippen LogP contribution in [0.25, 0.3) is 0 Å². The van der Waals surface area contributed by atoms with E-state index in [2.05, 4.69) is 41.5 Å². The van der Waals surface area contributed by atoms with Crippen molar-refractivity contribution in [1.82, 2.24) is 0 Å². The Balaban J connectivity index is 4.05. The zero-order valence-corrected chi connectivity index (χ0v) is 8.99. The van der Waals surface area contributed by atoms with Gasteiger partial charge in [-0.1, -0.05) is 48.0 Å². The van der Waals surface area contributed by atoms with E-state index in [1.54, 1.807) is 5.92 Å². The molecule has 1 atom stereocenters. The van der Waals surface area contributed by atoms with Crippen LogP contribution < -0.4 is 0 Å². The summed E-state index contributed by atoms with van der Waals surface area (Å²) >= 11 is 0. The molecule has 0 saturated carbocycles. The lowest BCUT2D eigenvalue weighted by Crippen LogP contribution is -2.24. The second kappa shape index (κ2) is 4.13. The lowest BCUT2D eigenvalue weighted by atomic mass is 9.71. The number of hydrogen-bond acceptors (Lipinski definition) is 0. The van der Waals surface area contributed by atoms with E-state index in [1.165, 1.54) is 12.8 Å². The van der Waals surface area contributed by atoms with Gasteiger partial charge in [0, 0.05) is 0 Å². The van der Waals surface area contributed by atoms with Gasteiger partial charge >= 0.3 is 0 Å². The Bertz CT molecular complexity index is 101. The van der Waals surface area contributed by atoms with Gasteiger partial charge in [0.1, 0.15) is 0 Å². The van der Waals surface area contributed by atoms with Crippen LogP contribution in [0.1, 0.15) is 54.4 Å². The largest absolute Gasteiger partial charge is 0.0654 e. The van der Waals surface area contributed by atoms with Crippen molar-refractivity contribution >= 4 is 0 Å². The van der Waals surface area contributed by atoms with Gasteiger partial charge in [0.2, 0.25) is 0 Å². The van der Waals surface area contributed by atoms with Crippen LogP contribution in [0.4, 0.5) is 0 Å². The van der Waals surface area contributed by atoms with Gasteiger partial charge in [-0.05, 0) is 23.7 Å². The van der Waals surface area contributed by atoms with Gasteiger partial charge in [0.05, 0.1) is 0 Å². The number of rotatable bonds is 4. The molecule has 0 amide bonds. The smallest absolute Gasteiger partial charge is 0.0269 e. The molecule has 0 aliphatic rings. The van der Waals surface area contributed by atoms with Gasteiger partial charge in [-0.15, -0.1) is 0 Å². The molecular weight excluding hydrogens is 132 g/mol. The summed E-state index contributed by atoms with van der Waals surface area (Å²) in [6.07, 6.45) is 2.63. The zero-order chi connectivity index (χ0) is 9.07. The lowest BCUT2D eigenvalue weighted by molar-refractivity contribution is 0.221. The topological polar surface area (TPSA) is 0 Å². The third-order valence-corrected chi connectivity index (χ3v) is 2.93. The molecule has 0 spiro atoms. The highest BCUT2D eigenvalue weighted by Crippen LogP contribution is 2.36. The van der Waals surface area contributed by atoms with E-state index in [-0.39, 0.29) is 0 Å². The molecule has 0 aliphatic heterocycles. The molecule has 0 fully saturated rings. The Morgan fingerprint density at radius 1 is 1.27 bits per heavy atom. The Kier molecular flexibility index (Phi) is 4.13. The standard InChI is InChI=1S/C11H23/c1-7-8-11(5,6)10(4)9(2)3/h10H,7-8H2,1-6H3. The maximum absolute atomic E-state index is 2.37. The van der Waals surface area contributed by atoms with Crippen molar-refractivity contribution in [3.05, 3.63) is 5.92 Å². The molecule has 0 rings (SSSR count). The molecule has 67 valence electrons. The molecule has 0 heterocycles. The molecule has 0 aliphatic carbocycles. The van der Waals surface area contributed by atoms with Crippen molar-refractivity contribution in [2.75, 3.05) is 0 Å². The minimum absolute atomic E-state index is 0.494. The van der Waals surface area contributed by atoms with Crippen LogP contribution in [0.2, 0.25) is 0 Å². The summed E-state index contributed by atoms with van der Waals surface area (Å²) in [4.78, 5) is 0. The summed E-state index contributed by atoms with van der Waals surface area (Å²) in [5, 5.41) is 0. The molecule has 0 aromatic carbocycles. The first-order valence-corrected chi connectivity index (χ1v) is 4.72. The fourth-order valence-corrected chi connectivity index (χ4v) is 1.64. The fourth-order valence-electron chi connectivity index (χ4n) is 1.64. The average Bonchev–Trinajstić information content (AvgIpc) is 1.86. The molecule has 0 heteroatoms. The van der Waals surface area contributed by atoms with Crippen LogP contribution in [0.15, 0.2) is 0 Å². The Labute approximate surface area is 72.4 Å². The maximum Gasteiger partial charge on any atom is -0.0269 e. The summed E-state index contributed by atoms with van der Waals surface area (Å²) in [6, 6.07) is 0. The van der Waals surface area contributed by atoms with Gasteiger partial charge in [-0.3, -0.25) is 0 Å². The molecule has 0 aromatic rings. The second-order valence-electron chi connectivity index (χ2n) is 4.54. The highest BCUT2D eigenvalue weighted by atomic mass is 14.3. The summed E-state index contributed by atoms with van der Waals surface area (Å²) in [7, 11) is 0. The van der Waals surface area contributed by atoms with E-state index in [4.69, 9.17) is 0 Å². The first-order chi connectivity index (χ1) is 4.91. The van der Waals surface area contributed by atoms with Crippen LogP contribution in [0.3, 0.4) is 0 Å². The lowest BCUT2D eigenvalue weighted by Gasteiger charge is -2.34. The number of hydrogen-bond donors (Lipinski definition) is 0. The SMILES string of the molecule is CCCC(C)(C)C(C)[C](C)C. The van der Waals surface area contributed by atoms with Crippen LogP contribution >= 0.6 is 0 Å². The van der Waals surface area contributed by atoms with E-state index in [9.17, 15) is 0 Å². The Morgan fingerprint density at radius 3 is 2.00 bits per heavy atom. The predicted octanol–water partition coefficient (Wildman–Crippen LogP) is 4.06. The van der Waals surface area contributed by atoms with Gasteiger partial charge < -0.3 is 0 Å². The van der Waals surface area contributed by atoms with E-state index in [0.717, 1.165) is 5.92 Å². The molecule has 1 radical (unpaired) electrons. The summed E-state index contributed by atoms with van der Waals surface area (Å²) in [6.45, 7) is 13.8. The van der Waals surface area contributed by atoms with Crippen molar-refractivity contribution in [3.63, 3.8) is 0 Å². The molecule has 0 aromatic heterocycles. The molecule has 1 unspecified atom stereocenters. The van der Waals surface area contributed by atoms with E-state index in [1.807, 2.05) is 0 Å². The molecule has 0 nitrogen and oxygen atoms in total. The van der Waals surface area contributed by atoms with Gasteiger partial charge in [-0.25, -0.2) is 0 Å². The maximum atomic E-state index is 2.37. The molecule has 0 bridgehead atoms. The molecule has 0 saturated heterocycles. The minimum Gasteiger partial charge on any atom is -0.0654 e. The van der Waals surface area contributed by atoms with Gasteiger partial charge in [-0.2, -0.15) is 0 Å². The van der Waals surface area contributed by atoms with Crippen LogP contribution in [-0.4, -0.2) is 0 Å². The molecular formula is C11H23. The van der Waals surface area contributed by atoms with Crippen LogP contribution in [0, 0.1) is 17.3 Å². The monoisotopic (exact) mass is 155 g/mol. The normalized spacial score (nSPS) is 15.5. The van der Waals surface area contributed by atoms with E-state index >= 15 is 0 Å². The fraction of sp³-hybridized carbons (Fsp3) is 0.909. The zero-order valence-electron chi connectivity index (χ0n) is 8.99. The van der Waals surface area contributed by atoms with Crippen LogP contribution in [-0.2, 0) is 0 Å². The van der Waals surface area contributed by atoms with Crippen molar-refractivity contribution in [1.29, 1.82) is 0 Å². The Hall–Kier alpha value is 0. The summed E-state index contributed by atoms with van der Waals surface area (Å²) < 4.78 is 0. The van der Waals surface area contributed by atoms with Crippen molar-refractivity contribution in [2.24, 2.45) is 11.3 Å². The van der Waals surface area contributed by atoms with Gasteiger partial charge in [0.25, 0.3) is 0 Å². The highest BCUT2D eigenvalue weighted by Gasteiger charge is 2.26. The predicted molar refractivity (Wildman–Crippen MR) is 52.4 cm³/mol.